The summed E-state index contributed by atoms with van der Waals surface area (Å²) < 4.78 is 34.4. The molecule has 0 unspecified atom stereocenters. The third-order valence-electron chi connectivity index (χ3n) is 7.33. The summed E-state index contributed by atoms with van der Waals surface area (Å²) in [5, 5.41) is 1.42. The summed E-state index contributed by atoms with van der Waals surface area (Å²) in [7, 11) is 1.50. The van der Waals surface area contributed by atoms with Crippen molar-refractivity contribution in [2.75, 3.05) is 7.11 Å². The molecule has 0 aromatic heterocycles. The van der Waals surface area contributed by atoms with Crippen molar-refractivity contribution in [1.82, 2.24) is 0 Å². The Kier molecular flexibility index (Phi) is 9.29. The lowest BCUT2D eigenvalue weighted by molar-refractivity contribution is -0.245. The molecule has 2 aromatic carbocycles. The number of ether oxygens (including phenoxy) is 6. The van der Waals surface area contributed by atoms with Crippen molar-refractivity contribution in [2.24, 2.45) is 5.92 Å². The highest BCUT2D eigenvalue weighted by molar-refractivity contribution is 5.90. The molecule has 10 nitrogen and oxygen atoms in total. The van der Waals surface area contributed by atoms with Crippen LogP contribution in [0.5, 0.6) is 11.5 Å². The van der Waals surface area contributed by atoms with E-state index in [2.05, 4.69) is 0 Å². The number of methoxy groups -OCH3 is 1. The smallest absolute Gasteiger partial charge is 0.314 e. The van der Waals surface area contributed by atoms with Crippen LogP contribution in [0.25, 0.3) is 10.8 Å². The second-order valence-electron chi connectivity index (χ2n) is 10.3. The van der Waals surface area contributed by atoms with Crippen LogP contribution in [0.4, 0.5) is 0 Å². The average molecular weight is 557 g/mol. The molecule has 0 amide bonds. The Morgan fingerprint density at radius 2 is 1.43 bits per heavy atom. The number of esters is 4. The predicted molar refractivity (Wildman–Crippen MR) is 143 cm³/mol. The van der Waals surface area contributed by atoms with E-state index >= 15 is 0 Å². The van der Waals surface area contributed by atoms with Gasteiger partial charge in [-0.25, -0.2) is 0 Å². The summed E-state index contributed by atoms with van der Waals surface area (Å²) in [6.07, 6.45) is -0.159. The summed E-state index contributed by atoms with van der Waals surface area (Å²) in [4.78, 5) is 48.9. The number of hydrogen-bond acceptors (Lipinski definition) is 10. The first-order chi connectivity index (χ1) is 19.1. The van der Waals surface area contributed by atoms with Crippen LogP contribution in [0.1, 0.15) is 71.5 Å². The zero-order valence-electron chi connectivity index (χ0n) is 23.5. The quantitative estimate of drug-likeness (QED) is 0.272. The molecule has 2 aliphatic rings. The Labute approximate surface area is 233 Å². The van der Waals surface area contributed by atoms with Gasteiger partial charge >= 0.3 is 23.9 Å². The number of rotatable bonds is 7. The molecule has 2 aromatic rings. The first-order valence-corrected chi connectivity index (χ1v) is 13.6. The number of carbonyl (C=O) groups is 4. The van der Waals surface area contributed by atoms with Crippen LogP contribution in [0.15, 0.2) is 30.3 Å². The van der Waals surface area contributed by atoms with Crippen molar-refractivity contribution < 1.29 is 47.6 Å². The van der Waals surface area contributed by atoms with Crippen LogP contribution < -0.4 is 9.47 Å². The van der Waals surface area contributed by atoms with Gasteiger partial charge in [0.1, 0.15) is 17.6 Å². The van der Waals surface area contributed by atoms with Crippen molar-refractivity contribution in [3.63, 3.8) is 0 Å². The highest BCUT2D eigenvalue weighted by atomic mass is 16.6. The monoisotopic (exact) mass is 556 g/mol. The van der Waals surface area contributed by atoms with Crippen LogP contribution in [-0.2, 0) is 38.1 Å². The van der Waals surface area contributed by atoms with Crippen molar-refractivity contribution in [1.29, 1.82) is 0 Å². The molecule has 1 aliphatic carbocycles. The maximum Gasteiger partial charge on any atom is 0.314 e. The zero-order chi connectivity index (χ0) is 29.0. The number of benzene rings is 2. The van der Waals surface area contributed by atoms with E-state index < -0.39 is 48.4 Å². The summed E-state index contributed by atoms with van der Waals surface area (Å²) in [5.41, 5.74) is 0.543. The molecule has 1 heterocycles. The van der Waals surface area contributed by atoms with Gasteiger partial charge in [-0.15, -0.1) is 0 Å². The molecule has 216 valence electrons. The minimum atomic E-state index is -1.16. The molecular formula is C30H36O10. The lowest BCUT2D eigenvalue weighted by atomic mass is 9.88. The van der Waals surface area contributed by atoms with Crippen LogP contribution >= 0.6 is 0 Å². The van der Waals surface area contributed by atoms with Gasteiger partial charge in [-0.1, -0.05) is 31.4 Å². The van der Waals surface area contributed by atoms with Crippen molar-refractivity contribution in [3.8, 4) is 11.5 Å². The summed E-state index contributed by atoms with van der Waals surface area (Å²) in [6, 6.07) is 8.81. The maximum absolute atomic E-state index is 12.7. The Morgan fingerprint density at radius 1 is 0.800 bits per heavy atom. The maximum atomic E-state index is 12.7. The van der Waals surface area contributed by atoms with Gasteiger partial charge in [0, 0.05) is 26.3 Å². The Balaban J connectivity index is 1.76. The van der Waals surface area contributed by atoms with Gasteiger partial charge < -0.3 is 28.4 Å². The summed E-state index contributed by atoms with van der Waals surface area (Å²) >= 11 is 0. The second-order valence-corrected chi connectivity index (χ2v) is 10.3. The number of fused-ring (bicyclic) bond motifs is 1. The number of hydrogen-bond donors (Lipinski definition) is 0. The highest BCUT2D eigenvalue weighted by Gasteiger charge is 2.51. The second kappa shape index (κ2) is 12.7. The fourth-order valence-corrected chi connectivity index (χ4v) is 5.63. The fourth-order valence-electron chi connectivity index (χ4n) is 5.63. The van der Waals surface area contributed by atoms with E-state index in [1.165, 1.54) is 27.9 Å². The Bertz CT molecular complexity index is 1260. The molecule has 0 bridgehead atoms. The van der Waals surface area contributed by atoms with Crippen molar-refractivity contribution >= 4 is 34.6 Å². The summed E-state index contributed by atoms with van der Waals surface area (Å²) in [5.74, 6) is -1.34. The molecule has 2 fully saturated rings. The minimum Gasteiger partial charge on any atom is -0.496 e. The number of carbonyl (C=O) groups excluding carboxylic acids is 4. The highest BCUT2D eigenvalue weighted by Crippen LogP contribution is 2.44. The molecule has 0 N–H and O–H groups in total. The lowest BCUT2D eigenvalue weighted by Gasteiger charge is -2.44. The van der Waals surface area contributed by atoms with Gasteiger partial charge in [0.05, 0.1) is 19.1 Å². The van der Waals surface area contributed by atoms with E-state index in [0.29, 0.717) is 22.4 Å². The van der Waals surface area contributed by atoms with Gasteiger partial charge in [0.15, 0.2) is 18.3 Å². The SMILES string of the molecule is COc1ccc2cc(OC(=O)C3CCCCC3)ccc2c1[C@H]1O[C@@H](C)[C@@H](OC(C)=O)[C@@H](OC(C)=O)[C@@H]1OC(C)=O. The molecule has 40 heavy (non-hydrogen) atoms. The molecular weight excluding hydrogens is 520 g/mol. The van der Waals surface area contributed by atoms with Gasteiger partial charge in [-0.05, 0) is 48.7 Å². The van der Waals surface area contributed by atoms with Gasteiger partial charge in [-0.3, -0.25) is 19.2 Å². The van der Waals surface area contributed by atoms with E-state index in [-0.39, 0.29) is 11.9 Å². The van der Waals surface area contributed by atoms with E-state index in [4.69, 9.17) is 28.4 Å². The molecule has 0 radical (unpaired) electrons. The molecule has 10 heteroatoms. The van der Waals surface area contributed by atoms with Crippen LogP contribution in [0, 0.1) is 5.92 Å². The molecule has 5 atom stereocenters. The fraction of sp³-hybridized carbons (Fsp3) is 0.533. The first kappa shape index (κ1) is 29.3. The minimum absolute atomic E-state index is 0.0964. The lowest BCUT2D eigenvalue weighted by Crippen LogP contribution is -2.57. The van der Waals surface area contributed by atoms with Gasteiger partial charge in [-0.2, -0.15) is 0 Å². The largest absolute Gasteiger partial charge is 0.496 e. The topological polar surface area (TPSA) is 124 Å². The van der Waals surface area contributed by atoms with E-state index in [0.717, 1.165) is 37.5 Å². The van der Waals surface area contributed by atoms with Crippen molar-refractivity contribution in [3.05, 3.63) is 35.9 Å². The third-order valence-corrected chi connectivity index (χ3v) is 7.33. The molecule has 1 saturated carbocycles. The average Bonchev–Trinajstić information content (AvgIpc) is 2.91. The Morgan fingerprint density at radius 3 is 2.05 bits per heavy atom. The summed E-state index contributed by atoms with van der Waals surface area (Å²) in [6.45, 7) is 5.37. The van der Waals surface area contributed by atoms with Crippen LogP contribution in [0.2, 0.25) is 0 Å². The van der Waals surface area contributed by atoms with Crippen LogP contribution in [-0.4, -0.2) is 55.4 Å². The van der Waals surface area contributed by atoms with Gasteiger partial charge in [0.2, 0.25) is 0 Å². The third kappa shape index (κ3) is 6.55. The van der Waals surface area contributed by atoms with Crippen molar-refractivity contribution in [2.45, 2.75) is 90.3 Å². The predicted octanol–water partition coefficient (Wildman–Crippen LogP) is 4.59. The van der Waals surface area contributed by atoms with E-state index in [9.17, 15) is 19.2 Å². The first-order valence-electron chi connectivity index (χ1n) is 13.6. The van der Waals surface area contributed by atoms with E-state index in [1.54, 1.807) is 31.2 Å². The Hall–Kier alpha value is -3.66. The molecule has 1 saturated heterocycles. The molecule has 0 spiro atoms. The zero-order valence-corrected chi connectivity index (χ0v) is 23.5. The van der Waals surface area contributed by atoms with Crippen LogP contribution in [0.3, 0.4) is 0 Å². The standard InChI is InChI=1S/C30H36O10/c1-16-26(37-17(2)31)28(38-18(3)32)29(39-19(4)33)27(36-16)25-23-13-12-22(15-21(23)11-14-24(25)35-5)40-30(34)20-9-7-6-8-10-20/h11-16,20,26-29H,6-10H2,1-5H3/t16-,26+,27+,28+,29+/m0/s1. The normalized spacial score (nSPS) is 25.1. The molecule has 4 rings (SSSR count). The molecule has 1 aliphatic heterocycles. The van der Waals surface area contributed by atoms with Gasteiger partial charge in [0.25, 0.3) is 0 Å². The van der Waals surface area contributed by atoms with E-state index in [1.807, 2.05) is 6.07 Å².